The number of rotatable bonds is 9. The lowest BCUT2D eigenvalue weighted by Crippen LogP contribution is -2.55. The Morgan fingerprint density at radius 2 is 0.833 bits per heavy atom. The predicted octanol–water partition coefficient (Wildman–Crippen LogP) is 2.86. The van der Waals surface area contributed by atoms with E-state index in [1.807, 2.05) is 0 Å². The Morgan fingerprint density at radius 3 is 1.12 bits per heavy atom. The van der Waals surface area contributed by atoms with Crippen molar-refractivity contribution in [1.29, 1.82) is 0 Å². The second kappa shape index (κ2) is 7.97. The van der Waals surface area contributed by atoms with Gasteiger partial charge in [-0.2, -0.15) is 17.6 Å². The molecule has 0 fully saturated rings. The molecule has 2 nitrogen and oxygen atoms in total. The number of hydrogen-bond donors (Lipinski definition) is 2. The van der Waals surface area contributed by atoms with Crippen molar-refractivity contribution >= 4 is 0 Å². The van der Waals surface area contributed by atoms with Crippen LogP contribution in [-0.2, 0) is 0 Å². The van der Waals surface area contributed by atoms with Crippen molar-refractivity contribution < 1.29 is 62.9 Å². The maximum Gasteiger partial charge on any atom is 0.420 e. The van der Waals surface area contributed by atoms with Crippen molar-refractivity contribution in [2.24, 2.45) is 0 Å². The molecule has 0 aliphatic heterocycles. The standard InChI is InChI=1S/C10H10F12O2/c11-1(2(12)4(14)6(16)8(18)23)3(13)5(15)7(17)9(19,20)10(21,22)24/h1-8,23-24H. The molecule has 8 unspecified atom stereocenters. The number of aliphatic hydroxyl groups excluding tert-OH is 1. The van der Waals surface area contributed by atoms with Gasteiger partial charge in [-0.05, 0) is 0 Å². The van der Waals surface area contributed by atoms with Gasteiger partial charge in [-0.3, -0.25) is 0 Å². The number of alkyl halides is 12. The van der Waals surface area contributed by atoms with E-state index in [9.17, 15) is 52.7 Å². The molecule has 0 aliphatic carbocycles. The van der Waals surface area contributed by atoms with E-state index in [1.54, 1.807) is 0 Å². The average Bonchev–Trinajstić information content (AvgIpc) is 2.48. The molecule has 0 aromatic rings. The maximum atomic E-state index is 13.1. The van der Waals surface area contributed by atoms with Crippen LogP contribution in [0.1, 0.15) is 0 Å². The lowest BCUT2D eigenvalue weighted by molar-refractivity contribution is -0.348. The van der Waals surface area contributed by atoms with Gasteiger partial charge >= 0.3 is 12.0 Å². The summed E-state index contributed by atoms with van der Waals surface area (Å²) in [5.74, 6) is -6.27. The second-order valence-electron chi connectivity index (χ2n) is 4.61. The van der Waals surface area contributed by atoms with E-state index in [1.165, 1.54) is 0 Å². The third-order valence-electron chi connectivity index (χ3n) is 2.81. The molecule has 0 aliphatic rings. The highest BCUT2D eigenvalue weighted by Crippen LogP contribution is 2.40. The lowest BCUT2D eigenvalue weighted by Gasteiger charge is -2.30. The largest absolute Gasteiger partial charge is 0.420 e. The zero-order chi connectivity index (χ0) is 19.6. The Balaban J connectivity index is 5.16. The third-order valence-corrected chi connectivity index (χ3v) is 2.81. The summed E-state index contributed by atoms with van der Waals surface area (Å²) in [6.45, 7) is 0. The quantitative estimate of drug-likeness (QED) is 0.595. The summed E-state index contributed by atoms with van der Waals surface area (Å²) in [7, 11) is 0. The van der Waals surface area contributed by atoms with Gasteiger partial charge < -0.3 is 10.2 Å². The topological polar surface area (TPSA) is 40.5 Å². The van der Waals surface area contributed by atoms with E-state index in [0.717, 1.165) is 0 Å². The van der Waals surface area contributed by atoms with Crippen molar-refractivity contribution in [3.05, 3.63) is 0 Å². The highest BCUT2D eigenvalue weighted by atomic mass is 19.3. The van der Waals surface area contributed by atoms with Gasteiger partial charge in [-0.1, -0.05) is 0 Å². The number of hydrogen-bond acceptors (Lipinski definition) is 2. The molecule has 0 aromatic heterocycles. The fourth-order valence-corrected chi connectivity index (χ4v) is 1.38. The minimum absolute atomic E-state index is 3.71. The molecule has 0 aromatic carbocycles. The van der Waals surface area contributed by atoms with Crippen LogP contribution < -0.4 is 0 Å². The van der Waals surface area contributed by atoms with Crippen LogP contribution >= 0.6 is 0 Å². The van der Waals surface area contributed by atoms with Gasteiger partial charge in [0.15, 0.2) is 37.0 Å². The molecular formula is C10H10F12O2. The fraction of sp³-hybridized carbons (Fsp3) is 1.00. The molecule has 146 valence electrons. The van der Waals surface area contributed by atoms with Crippen molar-refractivity contribution in [3.8, 4) is 0 Å². The first kappa shape index (κ1) is 23.1. The van der Waals surface area contributed by atoms with Crippen LogP contribution in [-0.4, -0.2) is 71.8 Å². The Labute approximate surface area is 126 Å². The normalized spacial score (nSPS) is 23.8. The van der Waals surface area contributed by atoms with Crippen LogP contribution in [0.3, 0.4) is 0 Å². The van der Waals surface area contributed by atoms with Gasteiger partial charge in [-0.25, -0.2) is 35.1 Å². The Morgan fingerprint density at radius 1 is 0.542 bits per heavy atom. The van der Waals surface area contributed by atoms with E-state index >= 15 is 0 Å². The Hall–Kier alpha value is -0.920. The summed E-state index contributed by atoms with van der Waals surface area (Å²) in [6, 6.07) is 0. The number of aliphatic hydroxyl groups is 2. The van der Waals surface area contributed by atoms with E-state index in [0.29, 0.717) is 0 Å². The van der Waals surface area contributed by atoms with Crippen LogP contribution in [0.4, 0.5) is 52.7 Å². The lowest BCUT2D eigenvalue weighted by atomic mass is 9.97. The monoisotopic (exact) mass is 390 g/mol. The fourth-order valence-electron chi connectivity index (χ4n) is 1.38. The molecule has 0 saturated heterocycles. The molecular weight excluding hydrogens is 380 g/mol. The second-order valence-corrected chi connectivity index (χ2v) is 4.61. The van der Waals surface area contributed by atoms with Crippen molar-refractivity contribution in [2.45, 2.75) is 61.6 Å². The van der Waals surface area contributed by atoms with Crippen LogP contribution in [0, 0.1) is 0 Å². The van der Waals surface area contributed by atoms with Gasteiger partial charge in [0, 0.05) is 0 Å². The average molecular weight is 390 g/mol. The molecule has 0 bridgehead atoms. The van der Waals surface area contributed by atoms with Crippen LogP contribution in [0.2, 0.25) is 0 Å². The van der Waals surface area contributed by atoms with Gasteiger partial charge in [0.25, 0.3) is 0 Å². The van der Waals surface area contributed by atoms with E-state index < -0.39 is 61.6 Å². The summed E-state index contributed by atoms with van der Waals surface area (Å²) in [4.78, 5) is 0. The molecule has 2 N–H and O–H groups in total. The number of halogens is 12. The molecule has 14 heteroatoms. The van der Waals surface area contributed by atoms with Crippen molar-refractivity contribution in [2.75, 3.05) is 0 Å². The molecule has 0 saturated carbocycles. The molecule has 0 amide bonds. The van der Waals surface area contributed by atoms with Crippen LogP contribution in [0.25, 0.3) is 0 Å². The molecule has 0 heterocycles. The van der Waals surface area contributed by atoms with Gasteiger partial charge in [0.1, 0.15) is 0 Å². The van der Waals surface area contributed by atoms with Crippen LogP contribution in [0.5, 0.6) is 0 Å². The zero-order valence-electron chi connectivity index (χ0n) is 11.0. The zero-order valence-corrected chi connectivity index (χ0v) is 11.0. The van der Waals surface area contributed by atoms with E-state index in [2.05, 4.69) is 0 Å². The first-order valence-corrected chi connectivity index (χ1v) is 5.86. The highest BCUT2D eigenvalue weighted by Gasteiger charge is 2.65. The summed E-state index contributed by atoms with van der Waals surface area (Å²) >= 11 is 0. The maximum absolute atomic E-state index is 13.1. The molecule has 8 atom stereocenters. The minimum Gasteiger partial charge on any atom is -0.362 e. The summed E-state index contributed by atoms with van der Waals surface area (Å²) in [6.07, 6.45) is -39.8. The minimum atomic E-state index is -6.27. The van der Waals surface area contributed by atoms with Gasteiger partial charge in [0.05, 0.1) is 0 Å². The van der Waals surface area contributed by atoms with Crippen LogP contribution in [0.15, 0.2) is 0 Å². The van der Waals surface area contributed by atoms with Crippen molar-refractivity contribution in [3.63, 3.8) is 0 Å². The summed E-state index contributed by atoms with van der Waals surface area (Å²) in [5, 5.41) is 15.6. The first-order valence-electron chi connectivity index (χ1n) is 5.86. The van der Waals surface area contributed by atoms with E-state index in [4.69, 9.17) is 10.2 Å². The third kappa shape index (κ3) is 4.80. The van der Waals surface area contributed by atoms with Crippen molar-refractivity contribution in [1.82, 2.24) is 0 Å². The smallest absolute Gasteiger partial charge is 0.362 e. The molecule has 0 rings (SSSR count). The summed E-state index contributed by atoms with van der Waals surface area (Å²) < 4.78 is 152. The molecule has 0 spiro atoms. The van der Waals surface area contributed by atoms with E-state index in [-0.39, 0.29) is 0 Å². The highest BCUT2D eigenvalue weighted by molar-refractivity contribution is 4.97. The molecule has 0 radical (unpaired) electrons. The Bertz CT molecular complexity index is 389. The van der Waals surface area contributed by atoms with Gasteiger partial charge in [-0.15, -0.1) is 0 Å². The SMILES string of the molecule is OC(F)C(F)C(F)C(F)C(F)C(F)C(F)C(F)C(F)(F)C(O)(F)F. The molecule has 24 heavy (non-hydrogen) atoms. The predicted molar refractivity (Wildman–Crippen MR) is 53.5 cm³/mol. The Kier molecular flexibility index (Phi) is 7.67. The summed E-state index contributed by atoms with van der Waals surface area (Å²) in [5.41, 5.74) is 0. The first-order chi connectivity index (χ1) is 10.6. The van der Waals surface area contributed by atoms with Gasteiger partial charge in [0.2, 0.25) is 12.5 Å².